The zero-order chi connectivity index (χ0) is 20.3. The van der Waals surface area contributed by atoms with Crippen molar-refractivity contribution in [1.82, 2.24) is 0 Å². The smallest absolute Gasteiger partial charge is 0.337 e. The predicted molar refractivity (Wildman–Crippen MR) is 113 cm³/mol. The lowest BCUT2D eigenvalue weighted by atomic mass is 10.0. The first kappa shape index (κ1) is 20.2. The van der Waals surface area contributed by atoms with Gasteiger partial charge in [0, 0.05) is 5.02 Å². The molecule has 0 heterocycles. The molecule has 0 saturated heterocycles. The van der Waals surface area contributed by atoms with Crippen molar-refractivity contribution in [3.05, 3.63) is 86.9 Å². The number of carbonyl (C=O) groups is 2. The van der Waals surface area contributed by atoms with E-state index in [1.54, 1.807) is 12.1 Å². The van der Waals surface area contributed by atoms with Gasteiger partial charge >= 0.3 is 5.97 Å². The van der Waals surface area contributed by atoms with Gasteiger partial charge < -0.3 is 10.4 Å². The van der Waals surface area contributed by atoms with Crippen LogP contribution >= 0.6 is 34.8 Å². The summed E-state index contributed by atoms with van der Waals surface area (Å²) in [6.45, 7) is 0. The highest BCUT2D eigenvalue weighted by Gasteiger charge is 2.14. The highest BCUT2D eigenvalue weighted by atomic mass is 35.5. The lowest BCUT2D eigenvalue weighted by molar-refractivity contribution is -0.115. The monoisotopic (exact) mass is 433 g/mol. The third kappa shape index (κ3) is 4.84. The molecule has 0 fully saturated rings. The average molecular weight is 435 g/mol. The summed E-state index contributed by atoms with van der Waals surface area (Å²) in [6, 6.07) is 17.0. The Bertz CT molecular complexity index is 1070. The molecule has 3 aromatic rings. The zero-order valence-corrected chi connectivity index (χ0v) is 16.6. The molecular weight excluding hydrogens is 421 g/mol. The number of amides is 1. The summed E-state index contributed by atoms with van der Waals surface area (Å²) >= 11 is 17.9. The summed E-state index contributed by atoms with van der Waals surface area (Å²) in [5, 5.41) is 13.1. The average Bonchev–Trinajstić information content (AvgIpc) is 2.64. The summed E-state index contributed by atoms with van der Waals surface area (Å²) in [6.07, 6.45) is 0.0702. The van der Waals surface area contributed by atoms with Gasteiger partial charge in [0.25, 0.3) is 0 Å². The molecule has 2 N–H and O–H groups in total. The fraction of sp³-hybridized carbons (Fsp3) is 0.0476. The van der Waals surface area contributed by atoms with Crippen LogP contribution in [0, 0.1) is 0 Å². The molecule has 28 heavy (non-hydrogen) atoms. The van der Waals surface area contributed by atoms with Crippen molar-refractivity contribution in [1.29, 1.82) is 0 Å². The Morgan fingerprint density at radius 2 is 1.61 bits per heavy atom. The first-order valence-corrected chi connectivity index (χ1v) is 9.34. The van der Waals surface area contributed by atoms with E-state index in [0.29, 0.717) is 15.1 Å². The normalized spacial score (nSPS) is 10.5. The summed E-state index contributed by atoms with van der Waals surface area (Å²) in [5.74, 6) is -1.50. The van der Waals surface area contributed by atoms with Crippen molar-refractivity contribution in [2.75, 3.05) is 5.32 Å². The van der Waals surface area contributed by atoms with Crippen LogP contribution in [0.1, 0.15) is 15.9 Å². The molecule has 3 rings (SSSR count). The molecule has 0 saturated carbocycles. The van der Waals surface area contributed by atoms with E-state index in [4.69, 9.17) is 34.8 Å². The van der Waals surface area contributed by atoms with Gasteiger partial charge in [0.15, 0.2) is 0 Å². The second kappa shape index (κ2) is 8.65. The van der Waals surface area contributed by atoms with Crippen molar-refractivity contribution < 1.29 is 14.7 Å². The second-order valence-electron chi connectivity index (χ2n) is 6.05. The quantitative estimate of drug-likeness (QED) is 0.503. The first-order valence-electron chi connectivity index (χ1n) is 8.20. The maximum absolute atomic E-state index is 12.4. The van der Waals surface area contributed by atoms with Crippen molar-refractivity contribution in [2.24, 2.45) is 0 Å². The largest absolute Gasteiger partial charge is 0.478 e. The van der Waals surface area contributed by atoms with Crippen LogP contribution in [-0.4, -0.2) is 17.0 Å². The number of hydrogen-bond acceptors (Lipinski definition) is 2. The lowest BCUT2D eigenvalue weighted by Gasteiger charge is -2.10. The van der Waals surface area contributed by atoms with Crippen molar-refractivity contribution in [3.63, 3.8) is 0 Å². The van der Waals surface area contributed by atoms with Gasteiger partial charge in [-0.3, -0.25) is 4.79 Å². The summed E-state index contributed by atoms with van der Waals surface area (Å²) < 4.78 is 0. The Morgan fingerprint density at radius 3 is 2.32 bits per heavy atom. The van der Waals surface area contributed by atoms with Gasteiger partial charge in [0.1, 0.15) is 0 Å². The number of carboxylic acids is 1. The summed E-state index contributed by atoms with van der Waals surface area (Å²) in [5.41, 5.74) is 2.66. The maximum Gasteiger partial charge on any atom is 0.337 e. The fourth-order valence-corrected chi connectivity index (χ4v) is 3.19. The van der Waals surface area contributed by atoms with Crippen LogP contribution in [0.5, 0.6) is 0 Å². The molecule has 0 unspecified atom stereocenters. The predicted octanol–water partition coefficient (Wildman–Crippen LogP) is 6.19. The molecule has 0 spiro atoms. The van der Waals surface area contributed by atoms with E-state index in [2.05, 4.69) is 5.32 Å². The molecule has 0 bridgehead atoms. The molecule has 0 aliphatic rings. The third-order valence-corrected chi connectivity index (χ3v) is 5.00. The van der Waals surface area contributed by atoms with E-state index in [9.17, 15) is 14.7 Å². The second-order valence-corrected chi connectivity index (χ2v) is 7.30. The van der Waals surface area contributed by atoms with E-state index in [0.717, 1.165) is 16.7 Å². The summed E-state index contributed by atoms with van der Waals surface area (Å²) in [4.78, 5) is 23.7. The van der Waals surface area contributed by atoms with Crippen molar-refractivity contribution in [3.8, 4) is 11.1 Å². The molecule has 0 aliphatic heterocycles. The Morgan fingerprint density at radius 1 is 0.857 bits per heavy atom. The Kier molecular flexibility index (Phi) is 6.25. The molecule has 0 aromatic heterocycles. The number of nitrogens with one attached hydrogen (secondary N) is 1. The Hall–Kier alpha value is -2.53. The molecule has 4 nitrogen and oxygen atoms in total. The van der Waals surface area contributed by atoms with Gasteiger partial charge in [-0.1, -0.05) is 65.1 Å². The van der Waals surface area contributed by atoms with Crippen molar-refractivity contribution in [2.45, 2.75) is 6.42 Å². The zero-order valence-electron chi connectivity index (χ0n) is 14.4. The van der Waals surface area contributed by atoms with Crippen LogP contribution in [-0.2, 0) is 11.2 Å². The Balaban J connectivity index is 1.79. The van der Waals surface area contributed by atoms with E-state index in [1.807, 2.05) is 30.3 Å². The summed E-state index contributed by atoms with van der Waals surface area (Å²) in [7, 11) is 0. The van der Waals surface area contributed by atoms with Crippen LogP contribution < -0.4 is 5.32 Å². The van der Waals surface area contributed by atoms with Gasteiger partial charge in [0.05, 0.1) is 27.7 Å². The van der Waals surface area contributed by atoms with Crippen LogP contribution in [0.3, 0.4) is 0 Å². The topological polar surface area (TPSA) is 66.4 Å². The number of benzene rings is 3. The fourth-order valence-electron chi connectivity index (χ4n) is 2.72. The number of aromatic carboxylic acids is 1. The maximum atomic E-state index is 12.4. The third-order valence-electron chi connectivity index (χ3n) is 4.03. The number of carboxylic acid groups (broad SMARTS) is 1. The van der Waals surface area contributed by atoms with E-state index >= 15 is 0 Å². The molecular formula is C21H14Cl3NO3. The lowest BCUT2D eigenvalue weighted by Crippen LogP contribution is -2.16. The minimum atomic E-state index is -1.14. The van der Waals surface area contributed by atoms with E-state index < -0.39 is 5.97 Å². The highest BCUT2D eigenvalue weighted by Crippen LogP contribution is 2.29. The minimum Gasteiger partial charge on any atom is -0.478 e. The molecule has 0 atom stereocenters. The SMILES string of the molecule is O=C(Cc1cccc(-c2ccc(Cl)c(Cl)c2)c1)Nc1cc(Cl)ccc1C(=O)O. The van der Waals surface area contributed by atoms with Gasteiger partial charge in [-0.15, -0.1) is 0 Å². The minimum absolute atomic E-state index is 0.0256. The highest BCUT2D eigenvalue weighted by molar-refractivity contribution is 6.42. The number of carbonyl (C=O) groups excluding carboxylic acids is 1. The Labute approximate surface area is 176 Å². The molecule has 1 amide bonds. The van der Waals surface area contributed by atoms with Crippen LogP contribution in [0.15, 0.2) is 60.7 Å². The molecule has 0 radical (unpaired) electrons. The molecule has 0 aliphatic carbocycles. The number of hydrogen-bond donors (Lipinski definition) is 2. The van der Waals surface area contributed by atoms with E-state index in [1.165, 1.54) is 18.2 Å². The molecule has 3 aromatic carbocycles. The molecule has 142 valence electrons. The number of halogens is 3. The van der Waals surface area contributed by atoms with E-state index in [-0.39, 0.29) is 23.6 Å². The van der Waals surface area contributed by atoms with Gasteiger partial charge in [-0.05, 0) is 47.0 Å². The van der Waals surface area contributed by atoms with Crippen molar-refractivity contribution >= 4 is 52.4 Å². The van der Waals surface area contributed by atoms with Crippen LogP contribution in [0.2, 0.25) is 15.1 Å². The van der Waals surface area contributed by atoms with Crippen LogP contribution in [0.4, 0.5) is 5.69 Å². The van der Waals surface area contributed by atoms with Crippen LogP contribution in [0.25, 0.3) is 11.1 Å². The first-order chi connectivity index (χ1) is 13.3. The number of rotatable bonds is 5. The molecule has 7 heteroatoms. The number of anilines is 1. The van der Waals surface area contributed by atoms with Gasteiger partial charge in [0.2, 0.25) is 5.91 Å². The van der Waals surface area contributed by atoms with Gasteiger partial charge in [-0.25, -0.2) is 4.79 Å². The standard InChI is InChI=1S/C21H14Cl3NO3/c22-15-5-6-16(21(27)28)19(11-15)25-20(26)9-12-2-1-3-13(8-12)14-4-7-17(23)18(24)10-14/h1-8,10-11H,9H2,(H,25,26)(H,27,28). The van der Waals surface area contributed by atoms with Gasteiger partial charge in [-0.2, -0.15) is 0 Å².